The minimum atomic E-state index is -0.493. The molecule has 0 atom stereocenters. The van der Waals surface area contributed by atoms with Gasteiger partial charge in [-0.1, -0.05) is 30.3 Å². The van der Waals surface area contributed by atoms with Crippen molar-refractivity contribution in [3.63, 3.8) is 0 Å². The molecule has 150 valence electrons. The highest BCUT2D eigenvalue weighted by Gasteiger charge is 2.05. The van der Waals surface area contributed by atoms with Crippen molar-refractivity contribution in [2.24, 2.45) is 0 Å². The van der Waals surface area contributed by atoms with Gasteiger partial charge in [0.25, 0.3) is 5.69 Å². The summed E-state index contributed by atoms with van der Waals surface area (Å²) in [5.41, 5.74) is 2.28. The summed E-state index contributed by atoms with van der Waals surface area (Å²) in [7, 11) is 0. The maximum atomic E-state index is 12.1. The van der Waals surface area contributed by atoms with Crippen LogP contribution in [0.5, 0.6) is 0 Å². The summed E-state index contributed by atoms with van der Waals surface area (Å²) < 4.78 is 0. The molecule has 3 aromatic rings. The summed E-state index contributed by atoms with van der Waals surface area (Å²) in [6, 6.07) is 21.3. The van der Waals surface area contributed by atoms with Crippen LogP contribution in [0.1, 0.15) is 5.56 Å². The molecule has 0 spiro atoms. The molecule has 0 heterocycles. The van der Waals surface area contributed by atoms with Crippen molar-refractivity contribution in [3.05, 3.63) is 101 Å². The molecule has 0 aliphatic rings. The SMILES string of the molecule is O=C(/C=C/c1cccc([N+](=O)[O-])c1)Nc1ccc(NC(=O)Nc2ccccc2)cc1. The molecule has 3 N–H and O–H groups in total. The van der Waals surface area contributed by atoms with Gasteiger partial charge in [-0.3, -0.25) is 14.9 Å². The smallest absolute Gasteiger partial charge is 0.323 e. The van der Waals surface area contributed by atoms with Gasteiger partial charge in [-0.2, -0.15) is 0 Å². The van der Waals surface area contributed by atoms with E-state index < -0.39 is 4.92 Å². The number of amides is 3. The van der Waals surface area contributed by atoms with Gasteiger partial charge in [0, 0.05) is 35.3 Å². The van der Waals surface area contributed by atoms with Crippen molar-refractivity contribution in [3.8, 4) is 0 Å². The first-order valence-corrected chi connectivity index (χ1v) is 8.96. The molecule has 30 heavy (non-hydrogen) atoms. The van der Waals surface area contributed by atoms with Crippen LogP contribution in [0.15, 0.2) is 84.9 Å². The fourth-order valence-corrected chi connectivity index (χ4v) is 2.55. The van der Waals surface area contributed by atoms with Gasteiger partial charge in [0.2, 0.25) is 5.91 Å². The highest BCUT2D eigenvalue weighted by Crippen LogP contribution is 2.16. The first-order chi connectivity index (χ1) is 14.5. The van der Waals surface area contributed by atoms with E-state index in [1.807, 2.05) is 18.2 Å². The molecule has 3 aromatic carbocycles. The molecule has 0 aliphatic heterocycles. The van der Waals surface area contributed by atoms with Crippen LogP contribution in [-0.4, -0.2) is 16.9 Å². The Hall–Kier alpha value is -4.46. The number of hydrogen-bond acceptors (Lipinski definition) is 4. The molecule has 8 nitrogen and oxygen atoms in total. The molecule has 0 saturated heterocycles. The summed E-state index contributed by atoms with van der Waals surface area (Å²) in [5, 5.41) is 18.9. The van der Waals surface area contributed by atoms with E-state index in [4.69, 9.17) is 0 Å². The predicted molar refractivity (Wildman–Crippen MR) is 116 cm³/mol. The van der Waals surface area contributed by atoms with Crippen LogP contribution in [0.4, 0.5) is 27.5 Å². The summed E-state index contributed by atoms with van der Waals surface area (Å²) in [5.74, 6) is -0.385. The number of rotatable bonds is 6. The van der Waals surface area contributed by atoms with E-state index in [1.165, 1.54) is 24.3 Å². The second kappa shape index (κ2) is 9.65. The molecule has 0 aliphatic carbocycles. The molecule has 8 heteroatoms. The minimum Gasteiger partial charge on any atom is -0.323 e. The van der Waals surface area contributed by atoms with Crippen LogP contribution in [0.25, 0.3) is 6.08 Å². The second-order valence-electron chi connectivity index (χ2n) is 6.20. The first-order valence-electron chi connectivity index (χ1n) is 8.96. The molecule has 0 fully saturated rings. The number of non-ortho nitro benzene ring substituents is 1. The largest absolute Gasteiger partial charge is 0.323 e. The average molecular weight is 402 g/mol. The molecule has 0 aromatic heterocycles. The van der Waals surface area contributed by atoms with Gasteiger partial charge >= 0.3 is 6.03 Å². The Balaban J connectivity index is 1.53. The third-order valence-electron chi connectivity index (χ3n) is 3.95. The number of nitro groups is 1. The Morgan fingerprint density at radius 2 is 1.37 bits per heavy atom. The normalized spacial score (nSPS) is 10.4. The van der Waals surface area contributed by atoms with Crippen LogP contribution >= 0.6 is 0 Å². The zero-order chi connectivity index (χ0) is 21.3. The van der Waals surface area contributed by atoms with Gasteiger partial charge in [0.05, 0.1) is 4.92 Å². The quantitative estimate of drug-likeness (QED) is 0.309. The molecule has 0 bridgehead atoms. The Bertz CT molecular complexity index is 1080. The number of hydrogen-bond donors (Lipinski definition) is 3. The molecule has 3 rings (SSSR count). The van der Waals surface area contributed by atoms with Gasteiger partial charge in [0.1, 0.15) is 0 Å². The lowest BCUT2D eigenvalue weighted by atomic mass is 10.2. The topological polar surface area (TPSA) is 113 Å². The van der Waals surface area contributed by atoms with Crippen LogP contribution in [0.3, 0.4) is 0 Å². The number of benzene rings is 3. The maximum absolute atomic E-state index is 12.1. The van der Waals surface area contributed by atoms with E-state index in [2.05, 4.69) is 16.0 Å². The second-order valence-corrected chi connectivity index (χ2v) is 6.20. The minimum absolute atomic E-state index is 0.0445. The van der Waals surface area contributed by atoms with Gasteiger partial charge < -0.3 is 16.0 Å². The van der Waals surface area contributed by atoms with Gasteiger partial charge in [-0.15, -0.1) is 0 Å². The number of nitro benzene ring substituents is 1. The van der Waals surface area contributed by atoms with Crippen molar-refractivity contribution >= 4 is 40.8 Å². The van der Waals surface area contributed by atoms with E-state index in [1.54, 1.807) is 48.5 Å². The number of urea groups is 1. The Kier molecular flexibility index (Phi) is 6.52. The van der Waals surface area contributed by atoms with Crippen molar-refractivity contribution in [1.29, 1.82) is 0 Å². The highest BCUT2D eigenvalue weighted by molar-refractivity contribution is 6.02. The molecule has 0 radical (unpaired) electrons. The van der Waals surface area contributed by atoms with E-state index in [-0.39, 0.29) is 17.6 Å². The Morgan fingerprint density at radius 3 is 2.00 bits per heavy atom. The maximum Gasteiger partial charge on any atom is 0.323 e. The Labute approximate surface area is 172 Å². The molecule has 0 unspecified atom stereocenters. The standard InChI is InChI=1S/C22H18N4O4/c27-21(14-9-16-5-4-8-20(15-16)26(29)30)23-18-10-12-19(13-11-18)25-22(28)24-17-6-2-1-3-7-17/h1-15H,(H,23,27)(H2,24,25,28)/b14-9+. The fraction of sp³-hybridized carbons (Fsp3) is 0. The third kappa shape index (κ3) is 6.03. The lowest BCUT2D eigenvalue weighted by molar-refractivity contribution is -0.384. The van der Waals surface area contributed by atoms with Crippen LogP contribution in [0, 0.1) is 10.1 Å². The molecular formula is C22H18N4O4. The van der Waals surface area contributed by atoms with Crippen molar-refractivity contribution < 1.29 is 14.5 Å². The van der Waals surface area contributed by atoms with Crippen LogP contribution in [0.2, 0.25) is 0 Å². The van der Waals surface area contributed by atoms with E-state index in [0.717, 1.165) is 0 Å². The first kappa shape index (κ1) is 20.3. The van der Waals surface area contributed by atoms with Crippen molar-refractivity contribution in [2.75, 3.05) is 16.0 Å². The predicted octanol–water partition coefficient (Wildman–Crippen LogP) is 4.89. The van der Waals surface area contributed by atoms with Gasteiger partial charge in [-0.25, -0.2) is 4.79 Å². The molecule has 0 saturated carbocycles. The van der Waals surface area contributed by atoms with Gasteiger partial charge in [-0.05, 0) is 48.0 Å². The summed E-state index contributed by atoms with van der Waals surface area (Å²) in [4.78, 5) is 34.3. The molecular weight excluding hydrogens is 384 g/mol. The number of carbonyl (C=O) groups is 2. The lowest BCUT2D eigenvalue weighted by Gasteiger charge is -2.08. The van der Waals surface area contributed by atoms with Crippen LogP contribution in [-0.2, 0) is 4.79 Å². The number of para-hydroxylation sites is 1. The third-order valence-corrected chi connectivity index (χ3v) is 3.95. The van der Waals surface area contributed by atoms with Crippen LogP contribution < -0.4 is 16.0 Å². The molecule has 3 amide bonds. The number of carbonyl (C=O) groups excluding carboxylic acids is 2. The number of nitrogens with one attached hydrogen (secondary N) is 3. The Morgan fingerprint density at radius 1 is 0.767 bits per heavy atom. The van der Waals surface area contributed by atoms with Crippen molar-refractivity contribution in [1.82, 2.24) is 0 Å². The monoisotopic (exact) mass is 402 g/mol. The van der Waals surface area contributed by atoms with E-state index in [9.17, 15) is 19.7 Å². The summed E-state index contributed by atoms with van der Waals surface area (Å²) in [6.07, 6.45) is 2.78. The lowest BCUT2D eigenvalue weighted by Crippen LogP contribution is -2.19. The van der Waals surface area contributed by atoms with Crippen molar-refractivity contribution in [2.45, 2.75) is 0 Å². The number of nitrogens with zero attached hydrogens (tertiary/aromatic N) is 1. The van der Waals surface area contributed by atoms with Gasteiger partial charge in [0.15, 0.2) is 0 Å². The number of anilines is 3. The fourth-order valence-electron chi connectivity index (χ4n) is 2.55. The summed E-state index contributed by atoms with van der Waals surface area (Å²) >= 11 is 0. The van der Waals surface area contributed by atoms with E-state index in [0.29, 0.717) is 22.6 Å². The zero-order valence-corrected chi connectivity index (χ0v) is 15.7. The summed E-state index contributed by atoms with van der Waals surface area (Å²) in [6.45, 7) is 0. The zero-order valence-electron chi connectivity index (χ0n) is 15.7. The highest BCUT2D eigenvalue weighted by atomic mass is 16.6. The van der Waals surface area contributed by atoms with E-state index >= 15 is 0 Å². The average Bonchev–Trinajstić information content (AvgIpc) is 2.74.